The molecule has 0 spiro atoms. The van der Waals surface area contributed by atoms with E-state index in [9.17, 15) is 0 Å². The van der Waals surface area contributed by atoms with E-state index < -0.39 is 0 Å². The summed E-state index contributed by atoms with van der Waals surface area (Å²) in [6.45, 7) is 8.61. The molecule has 1 saturated heterocycles. The second-order valence-corrected chi connectivity index (χ2v) is 5.36. The number of rotatable bonds is 5. The van der Waals surface area contributed by atoms with Crippen LogP contribution in [-0.2, 0) is 0 Å². The van der Waals surface area contributed by atoms with E-state index in [1.165, 1.54) is 0 Å². The summed E-state index contributed by atoms with van der Waals surface area (Å²) in [6, 6.07) is 0.589. The van der Waals surface area contributed by atoms with Gasteiger partial charge in [0.05, 0.1) is 6.20 Å². The first-order valence-electron chi connectivity index (χ1n) is 7.56. The Morgan fingerprint density at radius 3 is 2.95 bits per heavy atom. The number of hydrogen-bond donors (Lipinski definition) is 2. The van der Waals surface area contributed by atoms with Gasteiger partial charge in [-0.3, -0.25) is 4.90 Å². The molecule has 0 bridgehead atoms. The Bertz CT molecular complexity index is 604. The fourth-order valence-electron chi connectivity index (χ4n) is 3.17. The number of nitrogens with two attached hydrogens (primary N) is 1. The molecule has 0 aromatic carbocycles. The molecule has 0 amide bonds. The third kappa shape index (κ3) is 2.54. The van der Waals surface area contributed by atoms with Crippen LogP contribution in [0.2, 0.25) is 0 Å². The van der Waals surface area contributed by atoms with Crippen molar-refractivity contribution in [3.8, 4) is 0 Å². The lowest BCUT2D eigenvalue weighted by atomic mass is 10.2. The number of likely N-dealkylation sites (N-methyl/N-ethyl adjacent to an activating group) is 1. The summed E-state index contributed by atoms with van der Waals surface area (Å²) in [7, 11) is 0. The second-order valence-electron chi connectivity index (χ2n) is 5.36. The molecule has 1 fully saturated rings. The van der Waals surface area contributed by atoms with Crippen LogP contribution in [0.5, 0.6) is 0 Å². The molecular weight excluding hydrogens is 266 g/mol. The minimum atomic E-state index is 0.589. The maximum Gasteiger partial charge on any atom is 0.180 e. The fourth-order valence-corrected chi connectivity index (χ4v) is 3.17. The van der Waals surface area contributed by atoms with E-state index in [4.69, 9.17) is 5.84 Å². The van der Waals surface area contributed by atoms with Crippen molar-refractivity contribution in [1.82, 2.24) is 19.3 Å². The molecule has 1 atom stereocenters. The van der Waals surface area contributed by atoms with Crippen LogP contribution in [0.3, 0.4) is 0 Å². The molecule has 0 saturated carbocycles. The van der Waals surface area contributed by atoms with Crippen molar-refractivity contribution in [3.05, 3.63) is 18.6 Å². The molecule has 1 aliphatic rings. The van der Waals surface area contributed by atoms with Crippen molar-refractivity contribution in [2.75, 3.05) is 36.5 Å². The summed E-state index contributed by atoms with van der Waals surface area (Å²) in [5, 5.41) is 0. The average Bonchev–Trinajstić information content (AvgIpc) is 3.16. The first-order valence-corrected chi connectivity index (χ1v) is 7.56. The third-order valence-corrected chi connectivity index (χ3v) is 4.30. The number of aromatic nitrogens is 3. The molecule has 114 valence electrons. The van der Waals surface area contributed by atoms with Gasteiger partial charge >= 0.3 is 0 Å². The molecule has 2 aromatic heterocycles. The van der Waals surface area contributed by atoms with E-state index in [-0.39, 0.29) is 0 Å². The molecule has 2 aromatic rings. The van der Waals surface area contributed by atoms with Gasteiger partial charge in [0.15, 0.2) is 17.3 Å². The molecule has 1 unspecified atom stereocenters. The summed E-state index contributed by atoms with van der Waals surface area (Å²) >= 11 is 0. The maximum atomic E-state index is 5.52. The number of imidazole rings is 1. The maximum absolute atomic E-state index is 5.52. The van der Waals surface area contributed by atoms with E-state index in [2.05, 4.69) is 39.0 Å². The summed E-state index contributed by atoms with van der Waals surface area (Å²) < 4.78 is 1.96. The Morgan fingerprint density at radius 1 is 1.43 bits per heavy atom. The summed E-state index contributed by atoms with van der Waals surface area (Å²) in [5.41, 5.74) is 3.52. The largest absolute Gasteiger partial charge is 0.352 e. The van der Waals surface area contributed by atoms with E-state index >= 15 is 0 Å². The number of fused-ring (bicyclic) bond motifs is 1. The number of hydrogen-bond acceptors (Lipinski definition) is 6. The van der Waals surface area contributed by atoms with Gasteiger partial charge in [-0.1, -0.05) is 13.8 Å². The summed E-state index contributed by atoms with van der Waals surface area (Å²) in [6.07, 6.45) is 6.72. The van der Waals surface area contributed by atoms with Crippen LogP contribution in [0.4, 0.5) is 11.6 Å². The van der Waals surface area contributed by atoms with Gasteiger partial charge in [-0.25, -0.2) is 15.8 Å². The van der Waals surface area contributed by atoms with Gasteiger partial charge in [-0.2, -0.15) is 0 Å². The van der Waals surface area contributed by atoms with Gasteiger partial charge in [0.2, 0.25) is 0 Å². The number of nitrogen functional groups attached to an aromatic ring is 1. The van der Waals surface area contributed by atoms with E-state index in [1.807, 2.05) is 16.8 Å². The Balaban J connectivity index is 1.89. The van der Waals surface area contributed by atoms with E-state index in [0.29, 0.717) is 11.9 Å². The summed E-state index contributed by atoms with van der Waals surface area (Å²) in [4.78, 5) is 13.9. The molecular formula is C14H23N7. The molecule has 21 heavy (non-hydrogen) atoms. The smallest absolute Gasteiger partial charge is 0.180 e. The quantitative estimate of drug-likeness (QED) is 0.630. The van der Waals surface area contributed by atoms with Crippen molar-refractivity contribution in [2.45, 2.75) is 26.3 Å². The van der Waals surface area contributed by atoms with E-state index in [0.717, 1.165) is 44.1 Å². The normalized spacial score (nSPS) is 18.9. The SMILES string of the molecule is CCN(CC)C1CCN(c2nc(NN)cn3ccnc23)C1. The fraction of sp³-hybridized carbons (Fsp3) is 0.571. The lowest BCUT2D eigenvalue weighted by molar-refractivity contribution is 0.232. The van der Waals surface area contributed by atoms with Crippen molar-refractivity contribution < 1.29 is 0 Å². The lowest BCUT2D eigenvalue weighted by Gasteiger charge is -2.26. The first kappa shape index (κ1) is 14.1. The Labute approximate surface area is 124 Å². The van der Waals surface area contributed by atoms with Crippen molar-refractivity contribution in [2.24, 2.45) is 5.84 Å². The van der Waals surface area contributed by atoms with Gasteiger partial charge in [0.25, 0.3) is 0 Å². The average molecular weight is 289 g/mol. The van der Waals surface area contributed by atoms with Gasteiger partial charge < -0.3 is 14.7 Å². The Hall–Kier alpha value is -1.86. The number of anilines is 2. The number of nitrogens with one attached hydrogen (secondary N) is 1. The van der Waals surface area contributed by atoms with Crippen LogP contribution in [0, 0.1) is 0 Å². The molecule has 3 rings (SSSR count). The molecule has 0 radical (unpaired) electrons. The van der Waals surface area contributed by atoms with Crippen LogP contribution >= 0.6 is 0 Å². The molecule has 1 aliphatic heterocycles. The van der Waals surface area contributed by atoms with E-state index in [1.54, 1.807) is 6.20 Å². The Morgan fingerprint density at radius 2 is 2.24 bits per heavy atom. The van der Waals surface area contributed by atoms with Gasteiger partial charge in [-0.05, 0) is 19.5 Å². The second kappa shape index (κ2) is 5.87. The standard InChI is InChI=1S/C14H23N7/c1-3-19(4-2)11-5-7-20(9-11)14-13-16-6-8-21(13)10-12(17-14)18-15/h6,8,10-11,18H,3-5,7,9,15H2,1-2H3. The summed E-state index contributed by atoms with van der Waals surface area (Å²) in [5.74, 6) is 7.08. The molecule has 7 heteroatoms. The topological polar surface area (TPSA) is 74.7 Å². The van der Waals surface area contributed by atoms with Crippen LogP contribution in [0.25, 0.3) is 5.65 Å². The highest BCUT2D eigenvalue weighted by Crippen LogP contribution is 2.26. The van der Waals surface area contributed by atoms with Crippen molar-refractivity contribution in [1.29, 1.82) is 0 Å². The van der Waals surface area contributed by atoms with Crippen LogP contribution in [0.15, 0.2) is 18.6 Å². The van der Waals surface area contributed by atoms with Crippen molar-refractivity contribution >= 4 is 17.3 Å². The zero-order chi connectivity index (χ0) is 14.8. The molecule has 0 aliphatic carbocycles. The minimum absolute atomic E-state index is 0.589. The lowest BCUT2D eigenvalue weighted by Crippen LogP contribution is -2.37. The highest BCUT2D eigenvalue weighted by molar-refractivity contribution is 5.67. The number of hydrazine groups is 1. The predicted octanol–water partition coefficient (Wildman–Crippen LogP) is 0.935. The van der Waals surface area contributed by atoms with Gasteiger partial charge in [0, 0.05) is 31.5 Å². The monoisotopic (exact) mass is 289 g/mol. The predicted molar refractivity (Wildman–Crippen MR) is 84.3 cm³/mol. The first-order chi connectivity index (χ1) is 10.3. The highest BCUT2D eigenvalue weighted by atomic mass is 15.3. The highest BCUT2D eigenvalue weighted by Gasteiger charge is 2.28. The van der Waals surface area contributed by atoms with Crippen LogP contribution < -0.4 is 16.2 Å². The Kier molecular flexibility index (Phi) is 3.94. The van der Waals surface area contributed by atoms with Crippen molar-refractivity contribution in [3.63, 3.8) is 0 Å². The van der Waals surface area contributed by atoms with Gasteiger partial charge in [0.1, 0.15) is 0 Å². The molecule has 3 N–H and O–H groups in total. The number of nitrogens with zero attached hydrogens (tertiary/aromatic N) is 5. The third-order valence-electron chi connectivity index (χ3n) is 4.30. The van der Waals surface area contributed by atoms with Crippen LogP contribution in [0.1, 0.15) is 20.3 Å². The molecule has 7 nitrogen and oxygen atoms in total. The zero-order valence-electron chi connectivity index (χ0n) is 12.7. The van der Waals surface area contributed by atoms with Gasteiger partial charge in [-0.15, -0.1) is 0 Å². The zero-order valence-corrected chi connectivity index (χ0v) is 12.7. The minimum Gasteiger partial charge on any atom is -0.352 e. The van der Waals surface area contributed by atoms with Crippen LogP contribution in [-0.4, -0.2) is 51.5 Å². The molecule has 3 heterocycles.